The fourth-order valence-corrected chi connectivity index (χ4v) is 3.86. The maximum Gasteiger partial charge on any atom is 0.237 e. The van der Waals surface area contributed by atoms with Gasteiger partial charge in [-0.15, -0.1) is 11.3 Å². The van der Waals surface area contributed by atoms with Gasteiger partial charge in [-0.3, -0.25) is 9.69 Å². The number of aryl methyl sites for hydroxylation is 1. The summed E-state index contributed by atoms with van der Waals surface area (Å²) in [6, 6.07) is 12.0. The van der Waals surface area contributed by atoms with Crippen LogP contribution < -0.4 is 0 Å². The van der Waals surface area contributed by atoms with Crippen LogP contribution in [-0.4, -0.2) is 46.6 Å². The molecule has 5 heteroatoms. The van der Waals surface area contributed by atoms with E-state index in [1.807, 2.05) is 30.3 Å². The molecule has 0 radical (unpaired) electrons. The normalized spacial score (nSPS) is 19.8. The molecule has 1 saturated heterocycles. The van der Waals surface area contributed by atoms with Gasteiger partial charge in [0.1, 0.15) is 0 Å². The van der Waals surface area contributed by atoms with Gasteiger partial charge in [0.05, 0.1) is 12.6 Å². The van der Waals surface area contributed by atoms with Gasteiger partial charge in [-0.25, -0.2) is 0 Å². The molecule has 0 spiro atoms. The molecule has 2 aromatic rings. The number of rotatable bonds is 4. The van der Waals surface area contributed by atoms with Crippen molar-refractivity contribution < 1.29 is 9.90 Å². The first kappa shape index (κ1) is 16.2. The van der Waals surface area contributed by atoms with Crippen molar-refractivity contribution in [3.8, 4) is 0 Å². The van der Waals surface area contributed by atoms with Gasteiger partial charge in [-0.05, 0) is 29.5 Å². The topological polar surface area (TPSA) is 43.8 Å². The third-order valence-corrected chi connectivity index (χ3v) is 5.17. The van der Waals surface area contributed by atoms with E-state index in [1.165, 1.54) is 10.4 Å². The average Bonchev–Trinajstić information content (AvgIpc) is 2.86. The number of amides is 1. The number of carbonyl (C=O) groups excluding carboxylic acids is 1. The predicted octanol–water partition coefficient (Wildman–Crippen LogP) is 2.26. The van der Waals surface area contributed by atoms with Crippen molar-refractivity contribution in [1.29, 1.82) is 0 Å². The van der Waals surface area contributed by atoms with Crippen LogP contribution in [0.25, 0.3) is 0 Å². The Morgan fingerprint density at radius 3 is 2.65 bits per heavy atom. The van der Waals surface area contributed by atoms with Crippen molar-refractivity contribution in [1.82, 2.24) is 9.80 Å². The molecular weight excluding hydrogens is 308 g/mol. The molecule has 0 bridgehead atoms. The fraction of sp³-hybridized carbons (Fsp3) is 0.389. The molecule has 3 rings (SSSR count). The molecule has 0 aliphatic carbocycles. The van der Waals surface area contributed by atoms with Gasteiger partial charge in [-0.1, -0.05) is 30.3 Å². The number of benzene rings is 1. The average molecular weight is 330 g/mol. The monoisotopic (exact) mass is 330 g/mol. The van der Waals surface area contributed by atoms with Gasteiger partial charge in [0.15, 0.2) is 0 Å². The van der Waals surface area contributed by atoms with Crippen LogP contribution in [0.4, 0.5) is 0 Å². The van der Waals surface area contributed by atoms with Crippen LogP contribution in [0.15, 0.2) is 41.8 Å². The van der Waals surface area contributed by atoms with Crippen molar-refractivity contribution in [3.63, 3.8) is 0 Å². The van der Waals surface area contributed by atoms with E-state index in [0.717, 1.165) is 12.1 Å². The van der Waals surface area contributed by atoms with Crippen LogP contribution in [0.2, 0.25) is 0 Å². The van der Waals surface area contributed by atoms with Crippen LogP contribution in [0.1, 0.15) is 16.0 Å². The van der Waals surface area contributed by atoms with Crippen molar-refractivity contribution in [2.45, 2.75) is 26.1 Å². The van der Waals surface area contributed by atoms with Gasteiger partial charge in [0, 0.05) is 31.1 Å². The summed E-state index contributed by atoms with van der Waals surface area (Å²) in [5.41, 5.74) is 2.35. The van der Waals surface area contributed by atoms with Gasteiger partial charge in [0.2, 0.25) is 5.91 Å². The highest BCUT2D eigenvalue weighted by Gasteiger charge is 2.27. The standard InChI is InChI=1S/C18H22N2O2S/c1-14-7-8-23-17(14)12-19-10-16(21)11-20(18(22)13-19)9-15-5-3-2-4-6-15/h2-8,16,21H,9-13H2,1H3. The lowest BCUT2D eigenvalue weighted by Gasteiger charge is -2.22. The van der Waals surface area contributed by atoms with E-state index >= 15 is 0 Å². The van der Waals surface area contributed by atoms with Crippen molar-refractivity contribution in [3.05, 3.63) is 57.8 Å². The summed E-state index contributed by atoms with van der Waals surface area (Å²) in [6.07, 6.45) is -0.509. The first-order chi connectivity index (χ1) is 11.1. The highest BCUT2D eigenvalue weighted by atomic mass is 32.1. The first-order valence-corrected chi connectivity index (χ1v) is 8.75. The maximum atomic E-state index is 12.6. The summed E-state index contributed by atoms with van der Waals surface area (Å²) in [5, 5.41) is 12.4. The zero-order valence-corrected chi connectivity index (χ0v) is 14.1. The summed E-state index contributed by atoms with van der Waals surface area (Å²) < 4.78 is 0. The van der Waals surface area contributed by atoms with Crippen LogP contribution in [0, 0.1) is 6.92 Å². The number of thiophene rings is 1. The Kier molecular flexibility index (Phi) is 5.10. The smallest absolute Gasteiger partial charge is 0.237 e. The lowest BCUT2D eigenvalue weighted by Crippen LogP contribution is -2.36. The van der Waals surface area contributed by atoms with E-state index in [0.29, 0.717) is 26.2 Å². The number of hydrogen-bond donors (Lipinski definition) is 1. The summed E-state index contributed by atoms with van der Waals surface area (Å²) in [7, 11) is 0. The molecule has 1 fully saturated rings. The third kappa shape index (κ3) is 4.19. The zero-order chi connectivity index (χ0) is 16.2. The summed E-state index contributed by atoms with van der Waals surface area (Å²) in [6.45, 7) is 4.67. The second kappa shape index (κ2) is 7.25. The second-order valence-electron chi connectivity index (χ2n) is 6.11. The molecule has 1 aliphatic rings. The number of nitrogens with zero attached hydrogens (tertiary/aromatic N) is 2. The minimum atomic E-state index is -0.509. The predicted molar refractivity (Wildman–Crippen MR) is 92.2 cm³/mol. The summed E-state index contributed by atoms with van der Waals surface area (Å²) in [5.74, 6) is 0.0830. The summed E-state index contributed by atoms with van der Waals surface area (Å²) >= 11 is 1.71. The third-order valence-electron chi connectivity index (χ3n) is 4.16. The molecule has 0 saturated carbocycles. The first-order valence-electron chi connectivity index (χ1n) is 7.87. The van der Waals surface area contributed by atoms with E-state index in [4.69, 9.17) is 0 Å². The molecule has 4 nitrogen and oxygen atoms in total. The molecule has 1 aromatic heterocycles. The number of aliphatic hydroxyl groups excluding tert-OH is 1. The van der Waals surface area contributed by atoms with E-state index in [9.17, 15) is 9.90 Å². The number of carbonyl (C=O) groups is 1. The van der Waals surface area contributed by atoms with Crippen LogP contribution in [0.5, 0.6) is 0 Å². The maximum absolute atomic E-state index is 12.6. The highest BCUT2D eigenvalue weighted by Crippen LogP contribution is 2.19. The highest BCUT2D eigenvalue weighted by molar-refractivity contribution is 7.10. The Morgan fingerprint density at radius 2 is 1.96 bits per heavy atom. The lowest BCUT2D eigenvalue weighted by atomic mass is 10.2. The van der Waals surface area contributed by atoms with Crippen molar-refractivity contribution in [2.24, 2.45) is 0 Å². The molecule has 1 aromatic carbocycles. The lowest BCUT2D eigenvalue weighted by molar-refractivity contribution is -0.132. The molecule has 1 unspecified atom stereocenters. The van der Waals surface area contributed by atoms with Crippen LogP contribution in [0.3, 0.4) is 0 Å². The largest absolute Gasteiger partial charge is 0.390 e. The minimum Gasteiger partial charge on any atom is -0.390 e. The van der Waals surface area contributed by atoms with Gasteiger partial charge < -0.3 is 10.0 Å². The molecule has 1 amide bonds. The number of β-amino-alcohol motifs (C(OH)–C–C–N with tert-alkyl or cyclic N) is 1. The van der Waals surface area contributed by atoms with Crippen LogP contribution >= 0.6 is 11.3 Å². The number of hydrogen-bond acceptors (Lipinski definition) is 4. The van der Waals surface area contributed by atoms with E-state index in [1.54, 1.807) is 16.2 Å². The molecule has 122 valence electrons. The van der Waals surface area contributed by atoms with Gasteiger partial charge >= 0.3 is 0 Å². The Morgan fingerprint density at radius 1 is 1.17 bits per heavy atom. The Bertz CT molecular complexity index is 656. The summed E-state index contributed by atoms with van der Waals surface area (Å²) in [4.78, 5) is 17.6. The van der Waals surface area contributed by atoms with Gasteiger partial charge in [-0.2, -0.15) is 0 Å². The van der Waals surface area contributed by atoms with Gasteiger partial charge in [0.25, 0.3) is 0 Å². The van der Waals surface area contributed by atoms with E-state index in [-0.39, 0.29) is 5.91 Å². The number of aliphatic hydroxyl groups is 1. The Hall–Kier alpha value is -1.69. The quantitative estimate of drug-likeness (QED) is 0.935. The fourth-order valence-electron chi connectivity index (χ4n) is 2.91. The minimum absolute atomic E-state index is 0.0830. The van der Waals surface area contributed by atoms with Crippen molar-refractivity contribution in [2.75, 3.05) is 19.6 Å². The SMILES string of the molecule is Cc1ccsc1CN1CC(=O)N(Cc2ccccc2)CC(O)C1. The molecule has 1 N–H and O–H groups in total. The zero-order valence-electron chi connectivity index (χ0n) is 13.3. The molecular formula is C18H22N2O2S. The molecule has 1 atom stereocenters. The van der Waals surface area contributed by atoms with E-state index < -0.39 is 6.10 Å². The van der Waals surface area contributed by atoms with Crippen molar-refractivity contribution >= 4 is 17.2 Å². The van der Waals surface area contributed by atoms with E-state index in [2.05, 4.69) is 23.3 Å². The van der Waals surface area contributed by atoms with Crippen LogP contribution in [-0.2, 0) is 17.9 Å². The molecule has 1 aliphatic heterocycles. The Balaban J connectivity index is 1.67. The molecule has 23 heavy (non-hydrogen) atoms. The molecule has 2 heterocycles. The second-order valence-corrected chi connectivity index (χ2v) is 7.11. The Labute approximate surface area is 141 Å².